The minimum absolute atomic E-state index is 0.0162. The van der Waals surface area contributed by atoms with Gasteiger partial charge in [-0.1, -0.05) is 52.7 Å². The molecule has 0 heterocycles. The fourth-order valence-corrected chi connectivity index (χ4v) is 2.70. The van der Waals surface area contributed by atoms with Crippen molar-refractivity contribution in [2.24, 2.45) is 0 Å². The third-order valence-corrected chi connectivity index (χ3v) is 3.69. The van der Waals surface area contributed by atoms with E-state index >= 15 is 0 Å². The minimum Gasteiger partial charge on any atom is -0.306 e. The van der Waals surface area contributed by atoms with E-state index in [0.717, 1.165) is 28.6 Å². The second-order valence-corrected chi connectivity index (χ2v) is 5.92. The van der Waals surface area contributed by atoms with Gasteiger partial charge < -0.3 is 5.32 Å². The maximum atomic E-state index is 13.6. The maximum Gasteiger partial charge on any atom is 0.124 e. The van der Waals surface area contributed by atoms with E-state index in [1.807, 2.05) is 6.07 Å². The zero-order chi connectivity index (χ0) is 14.5. The first kappa shape index (κ1) is 15.2. The van der Waals surface area contributed by atoms with Crippen LogP contribution in [0, 0.1) is 12.7 Å². The Hall–Kier alpha value is -1.19. The molecule has 0 saturated carbocycles. The van der Waals surface area contributed by atoms with E-state index in [4.69, 9.17) is 0 Å². The Morgan fingerprint density at radius 2 is 1.80 bits per heavy atom. The first-order chi connectivity index (χ1) is 9.60. The lowest BCUT2D eigenvalue weighted by Crippen LogP contribution is -2.23. The van der Waals surface area contributed by atoms with Crippen LogP contribution in [0.4, 0.5) is 4.39 Å². The molecule has 1 atom stereocenters. The molecular formula is C17H19BrFN. The molecule has 0 radical (unpaired) electrons. The zero-order valence-electron chi connectivity index (χ0n) is 11.8. The average molecular weight is 336 g/mol. The highest BCUT2D eigenvalue weighted by Crippen LogP contribution is 2.26. The normalized spacial score (nSPS) is 12.4. The molecule has 1 unspecified atom stereocenters. The zero-order valence-corrected chi connectivity index (χ0v) is 13.4. The van der Waals surface area contributed by atoms with Crippen LogP contribution in [0.5, 0.6) is 0 Å². The number of aryl methyl sites for hydroxylation is 1. The van der Waals surface area contributed by atoms with E-state index in [1.54, 1.807) is 6.07 Å². The van der Waals surface area contributed by atoms with Crippen LogP contribution in [0.15, 0.2) is 46.9 Å². The lowest BCUT2D eigenvalue weighted by molar-refractivity contribution is 0.585. The third-order valence-electron chi connectivity index (χ3n) is 3.23. The summed E-state index contributed by atoms with van der Waals surface area (Å²) in [6, 6.07) is 13.4. The second-order valence-electron chi connectivity index (χ2n) is 5.00. The average Bonchev–Trinajstić information content (AvgIpc) is 2.40. The molecular weight excluding hydrogens is 317 g/mol. The van der Waals surface area contributed by atoms with Gasteiger partial charge in [-0.3, -0.25) is 0 Å². The lowest BCUT2D eigenvalue weighted by atomic mass is 9.97. The predicted molar refractivity (Wildman–Crippen MR) is 85.4 cm³/mol. The highest BCUT2D eigenvalue weighted by Gasteiger charge is 2.14. The lowest BCUT2D eigenvalue weighted by Gasteiger charge is -2.20. The van der Waals surface area contributed by atoms with Crippen molar-refractivity contribution in [3.8, 4) is 0 Å². The van der Waals surface area contributed by atoms with Crippen molar-refractivity contribution >= 4 is 15.9 Å². The maximum absolute atomic E-state index is 13.6. The van der Waals surface area contributed by atoms with Gasteiger partial charge >= 0.3 is 0 Å². The molecule has 0 aliphatic carbocycles. The Labute approximate surface area is 128 Å². The van der Waals surface area contributed by atoms with Gasteiger partial charge in [-0.15, -0.1) is 0 Å². The number of hydrogen-bond donors (Lipinski definition) is 1. The number of hydrogen-bond acceptors (Lipinski definition) is 1. The number of nitrogens with one attached hydrogen (secondary N) is 1. The fraction of sp³-hybridized carbons (Fsp3) is 0.294. The van der Waals surface area contributed by atoms with Gasteiger partial charge in [-0.2, -0.15) is 0 Å². The molecule has 106 valence electrons. The number of benzene rings is 2. The van der Waals surface area contributed by atoms with Crippen LogP contribution in [-0.4, -0.2) is 6.54 Å². The van der Waals surface area contributed by atoms with E-state index in [9.17, 15) is 4.39 Å². The molecule has 0 amide bonds. The van der Waals surface area contributed by atoms with Gasteiger partial charge in [-0.25, -0.2) is 4.39 Å². The first-order valence-electron chi connectivity index (χ1n) is 6.86. The topological polar surface area (TPSA) is 12.0 Å². The van der Waals surface area contributed by atoms with Crippen LogP contribution in [0.3, 0.4) is 0 Å². The summed E-state index contributed by atoms with van der Waals surface area (Å²) < 4.78 is 14.4. The van der Waals surface area contributed by atoms with Crippen LogP contribution in [-0.2, 0) is 0 Å². The Bertz CT molecular complexity index is 545. The molecule has 3 heteroatoms. The molecule has 2 aromatic carbocycles. The predicted octanol–water partition coefficient (Wildman–Crippen LogP) is 4.99. The van der Waals surface area contributed by atoms with Crippen molar-refractivity contribution in [1.82, 2.24) is 5.32 Å². The van der Waals surface area contributed by atoms with Gasteiger partial charge in [-0.05, 0) is 49.2 Å². The quantitative estimate of drug-likeness (QED) is 0.811. The summed E-state index contributed by atoms with van der Waals surface area (Å²) in [4.78, 5) is 0. The molecule has 1 nitrogen and oxygen atoms in total. The smallest absolute Gasteiger partial charge is 0.124 e. The van der Waals surface area contributed by atoms with Gasteiger partial charge in [0.25, 0.3) is 0 Å². The fourth-order valence-electron chi connectivity index (χ4n) is 2.22. The summed E-state index contributed by atoms with van der Waals surface area (Å²) in [5.41, 5.74) is 3.32. The van der Waals surface area contributed by atoms with E-state index in [-0.39, 0.29) is 11.9 Å². The highest BCUT2D eigenvalue weighted by atomic mass is 79.9. The molecule has 0 aliphatic rings. The van der Waals surface area contributed by atoms with Crippen LogP contribution in [0.25, 0.3) is 0 Å². The molecule has 2 rings (SSSR count). The van der Waals surface area contributed by atoms with E-state index < -0.39 is 0 Å². The largest absolute Gasteiger partial charge is 0.306 e. The summed E-state index contributed by atoms with van der Waals surface area (Å²) in [7, 11) is 0. The standard InChI is InChI=1S/C17H19BrFN/c1-3-8-20-17(13-6-4-12(2)5-7-13)14-9-15(18)11-16(19)10-14/h4-7,9-11,17,20H,3,8H2,1-2H3. The van der Waals surface area contributed by atoms with Crippen molar-refractivity contribution < 1.29 is 4.39 Å². The van der Waals surface area contributed by atoms with E-state index in [2.05, 4.69) is 59.4 Å². The first-order valence-corrected chi connectivity index (χ1v) is 7.65. The molecule has 20 heavy (non-hydrogen) atoms. The molecule has 0 fully saturated rings. The summed E-state index contributed by atoms with van der Waals surface area (Å²) in [5.74, 6) is -0.218. The monoisotopic (exact) mass is 335 g/mol. The molecule has 0 saturated heterocycles. The van der Waals surface area contributed by atoms with Crippen molar-refractivity contribution in [2.75, 3.05) is 6.54 Å². The van der Waals surface area contributed by atoms with Crippen LogP contribution >= 0.6 is 15.9 Å². The summed E-state index contributed by atoms with van der Waals surface area (Å²) >= 11 is 3.37. The van der Waals surface area contributed by atoms with Crippen molar-refractivity contribution in [1.29, 1.82) is 0 Å². The van der Waals surface area contributed by atoms with Gasteiger partial charge in [0, 0.05) is 4.47 Å². The van der Waals surface area contributed by atoms with E-state index in [1.165, 1.54) is 11.6 Å². The van der Waals surface area contributed by atoms with Crippen molar-refractivity contribution in [3.05, 3.63) is 69.4 Å². The number of rotatable bonds is 5. The van der Waals surface area contributed by atoms with Crippen molar-refractivity contribution in [2.45, 2.75) is 26.3 Å². The van der Waals surface area contributed by atoms with Gasteiger partial charge in [0.15, 0.2) is 0 Å². The van der Waals surface area contributed by atoms with Crippen LogP contribution in [0.2, 0.25) is 0 Å². The Balaban J connectivity index is 2.38. The van der Waals surface area contributed by atoms with Gasteiger partial charge in [0.2, 0.25) is 0 Å². The summed E-state index contributed by atoms with van der Waals surface area (Å²) in [5, 5.41) is 3.49. The Kier molecular flexibility index (Phi) is 5.32. The molecule has 0 aromatic heterocycles. The molecule has 0 spiro atoms. The molecule has 1 N–H and O–H groups in total. The number of halogens is 2. The Morgan fingerprint density at radius 3 is 2.40 bits per heavy atom. The highest BCUT2D eigenvalue weighted by molar-refractivity contribution is 9.10. The van der Waals surface area contributed by atoms with Crippen molar-refractivity contribution in [3.63, 3.8) is 0 Å². The van der Waals surface area contributed by atoms with Gasteiger partial charge in [0.05, 0.1) is 6.04 Å². The molecule has 0 aliphatic heterocycles. The molecule has 0 bridgehead atoms. The molecule has 2 aromatic rings. The SMILES string of the molecule is CCCNC(c1ccc(C)cc1)c1cc(F)cc(Br)c1. The van der Waals surface area contributed by atoms with Crippen LogP contribution in [0.1, 0.15) is 36.1 Å². The van der Waals surface area contributed by atoms with E-state index in [0.29, 0.717) is 0 Å². The Morgan fingerprint density at radius 1 is 1.10 bits per heavy atom. The second kappa shape index (κ2) is 7.00. The van der Waals surface area contributed by atoms with Crippen LogP contribution < -0.4 is 5.32 Å². The summed E-state index contributed by atoms with van der Waals surface area (Å²) in [6.45, 7) is 5.09. The third kappa shape index (κ3) is 3.90. The summed E-state index contributed by atoms with van der Waals surface area (Å²) in [6.07, 6.45) is 1.04. The van der Waals surface area contributed by atoms with Gasteiger partial charge in [0.1, 0.15) is 5.82 Å². The minimum atomic E-state index is -0.218.